The molecule has 0 radical (unpaired) electrons. The third kappa shape index (κ3) is 4.23. The lowest BCUT2D eigenvalue weighted by Gasteiger charge is -2.34. The molecule has 2 aliphatic carbocycles. The van der Waals surface area contributed by atoms with E-state index in [1.165, 1.54) is 0 Å². The average molecular weight is 261 g/mol. The summed E-state index contributed by atoms with van der Waals surface area (Å²) in [6, 6.07) is 0. The molecule has 17 heavy (non-hydrogen) atoms. The zero-order chi connectivity index (χ0) is 12.5. The normalized spacial score (nSPS) is 34.8. The molecule has 0 atom stereocenters. The maximum atomic E-state index is 11.7. The van der Waals surface area contributed by atoms with E-state index in [-0.39, 0.29) is 12.3 Å². The fourth-order valence-corrected chi connectivity index (χ4v) is 3.93. The first kappa shape index (κ1) is 13.3. The molecule has 2 rings (SSSR count). The van der Waals surface area contributed by atoms with Crippen LogP contribution in [0.3, 0.4) is 0 Å². The van der Waals surface area contributed by atoms with Crippen LogP contribution in [-0.2, 0) is 10.0 Å². The smallest absolute Gasteiger partial charge is 0.211 e. The van der Waals surface area contributed by atoms with Gasteiger partial charge in [-0.05, 0) is 50.4 Å². The highest BCUT2D eigenvalue weighted by Crippen LogP contribution is 2.32. The van der Waals surface area contributed by atoms with Gasteiger partial charge in [0.1, 0.15) is 0 Å². The molecule has 0 aliphatic heterocycles. The molecule has 100 valence electrons. The van der Waals surface area contributed by atoms with Crippen LogP contribution >= 0.6 is 0 Å². The van der Waals surface area contributed by atoms with Crippen molar-refractivity contribution in [1.82, 2.24) is 4.72 Å². The summed E-state index contributed by atoms with van der Waals surface area (Å²) in [5.41, 5.74) is -0.816. The lowest BCUT2D eigenvalue weighted by molar-refractivity contribution is -0.00183. The highest BCUT2D eigenvalue weighted by Gasteiger charge is 2.34. The molecule has 4 nitrogen and oxygen atoms in total. The monoisotopic (exact) mass is 261 g/mol. The van der Waals surface area contributed by atoms with Crippen LogP contribution < -0.4 is 4.72 Å². The second-order valence-corrected chi connectivity index (χ2v) is 7.80. The number of rotatable bonds is 5. The van der Waals surface area contributed by atoms with E-state index in [1.54, 1.807) is 0 Å². The van der Waals surface area contributed by atoms with E-state index in [0.717, 1.165) is 25.7 Å². The van der Waals surface area contributed by atoms with Gasteiger partial charge in [0.2, 0.25) is 10.0 Å². The maximum absolute atomic E-state index is 11.7. The average Bonchev–Trinajstić information content (AvgIpc) is 3.04. The standard InChI is InChI=1S/C12H23NO3S/c1-10-4-6-12(14,7-5-10)9-13-17(15,16)8-11-2-3-11/h10-11,13-14H,2-9H2,1H3. The van der Waals surface area contributed by atoms with Crippen molar-refractivity contribution in [2.45, 2.75) is 51.0 Å². The minimum atomic E-state index is -3.18. The largest absolute Gasteiger partial charge is 0.389 e. The SMILES string of the molecule is CC1CCC(O)(CNS(=O)(=O)CC2CC2)CC1. The Morgan fingerprint density at radius 2 is 1.82 bits per heavy atom. The molecule has 2 saturated carbocycles. The van der Waals surface area contributed by atoms with Crippen molar-refractivity contribution in [2.24, 2.45) is 11.8 Å². The van der Waals surface area contributed by atoms with Crippen LogP contribution in [0.25, 0.3) is 0 Å². The van der Waals surface area contributed by atoms with Gasteiger partial charge >= 0.3 is 0 Å². The van der Waals surface area contributed by atoms with E-state index in [2.05, 4.69) is 11.6 Å². The molecule has 2 aliphatic rings. The lowest BCUT2D eigenvalue weighted by Crippen LogP contribution is -2.45. The summed E-state index contributed by atoms with van der Waals surface area (Å²) < 4.78 is 26.0. The van der Waals surface area contributed by atoms with Crippen LogP contribution in [0.4, 0.5) is 0 Å². The van der Waals surface area contributed by atoms with Gasteiger partial charge in [-0.3, -0.25) is 0 Å². The van der Waals surface area contributed by atoms with Gasteiger partial charge in [0, 0.05) is 6.54 Å². The second kappa shape index (κ2) is 4.86. The molecule has 0 bridgehead atoms. The van der Waals surface area contributed by atoms with Crippen LogP contribution in [0.2, 0.25) is 0 Å². The summed E-state index contributed by atoms with van der Waals surface area (Å²) in [4.78, 5) is 0. The number of aliphatic hydroxyl groups is 1. The molecule has 0 saturated heterocycles. The first-order chi connectivity index (χ1) is 7.89. The van der Waals surface area contributed by atoms with Crippen molar-refractivity contribution >= 4 is 10.0 Å². The summed E-state index contributed by atoms with van der Waals surface area (Å²) in [5.74, 6) is 1.24. The van der Waals surface area contributed by atoms with Gasteiger partial charge in [-0.2, -0.15) is 0 Å². The molecule has 0 aromatic rings. The maximum Gasteiger partial charge on any atom is 0.211 e. The molecule has 5 heteroatoms. The third-order valence-electron chi connectivity index (χ3n) is 3.98. The zero-order valence-electron chi connectivity index (χ0n) is 10.5. The summed E-state index contributed by atoms with van der Waals surface area (Å²) in [5, 5.41) is 10.3. The quantitative estimate of drug-likeness (QED) is 0.783. The number of hydrogen-bond donors (Lipinski definition) is 2. The highest BCUT2D eigenvalue weighted by molar-refractivity contribution is 7.89. The molecule has 2 N–H and O–H groups in total. The predicted octanol–water partition coefficient (Wildman–Crippen LogP) is 1.26. The first-order valence-electron chi connectivity index (χ1n) is 6.58. The minimum absolute atomic E-state index is 0.189. The molecule has 0 unspecified atom stereocenters. The van der Waals surface area contributed by atoms with Gasteiger partial charge in [0.25, 0.3) is 0 Å². The first-order valence-corrected chi connectivity index (χ1v) is 8.23. The number of hydrogen-bond acceptors (Lipinski definition) is 3. The molecule has 0 spiro atoms. The van der Waals surface area contributed by atoms with Gasteiger partial charge in [-0.1, -0.05) is 6.92 Å². The van der Waals surface area contributed by atoms with Crippen LogP contribution in [0.1, 0.15) is 45.4 Å². The molecular formula is C12H23NO3S. The van der Waals surface area contributed by atoms with Crippen LogP contribution in [-0.4, -0.2) is 31.4 Å². The molecule has 0 heterocycles. The predicted molar refractivity (Wildman–Crippen MR) is 67.1 cm³/mol. The lowest BCUT2D eigenvalue weighted by atomic mass is 9.80. The van der Waals surface area contributed by atoms with Gasteiger partial charge in [-0.15, -0.1) is 0 Å². The van der Waals surface area contributed by atoms with E-state index in [4.69, 9.17) is 0 Å². The Kier molecular flexibility index (Phi) is 3.80. The van der Waals surface area contributed by atoms with Crippen molar-refractivity contribution in [3.8, 4) is 0 Å². The van der Waals surface area contributed by atoms with E-state index < -0.39 is 15.6 Å². The Bertz CT molecular complexity index is 354. The topological polar surface area (TPSA) is 66.4 Å². The van der Waals surface area contributed by atoms with Crippen LogP contribution in [0.5, 0.6) is 0 Å². The highest BCUT2D eigenvalue weighted by atomic mass is 32.2. The molecule has 0 amide bonds. The van der Waals surface area contributed by atoms with Crippen molar-refractivity contribution in [2.75, 3.05) is 12.3 Å². The zero-order valence-corrected chi connectivity index (χ0v) is 11.3. The van der Waals surface area contributed by atoms with Gasteiger partial charge in [0.15, 0.2) is 0 Å². The summed E-state index contributed by atoms with van der Waals surface area (Å²) in [7, 11) is -3.18. The molecule has 0 aromatic carbocycles. The Morgan fingerprint density at radius 3 is 2.35 bits per heavy atom. The third-order valence-corrected chi connectivity index (χ3v) is 5.47. The second-order valence-electron chi connectivity index (χ2n) is 5.95. The van der Waals surface area contributed by atoms with Crippen molar-refractivity contribution in [3.05, 3.63) is 0 Å². The molecule has 2 fully saturated rings. The van der Waals surface area contributed by atoms with E-state index in [1.807, 2.05) is 0 Å². The molecular weight excluding hydrogens is 238 g/mol. The summed E-state index contributed by atoms with van der Waals surface area (Å²) >= 11 is 0. The van der Waals surface area contributed by atoms with Crippen molar-refractivity contribution < 1.29 is 13.5 Å². The molecule has 0 aromatic heterocycles. The van der Waals surface area contributed by atoms with Gasteiger partial charge in [-0.25, -0.2) is 13.1 Å². The fourth-order valence-electron chi connectivity index (χ4n) is 2.37. The Morgan fingerprint density at radius 1 is 1.24 bits per heavy atom. The number of sulfonamides is 1. The van der Waals surface area contributed by atoms with Crippen molar-refractivity contribution in [3.63, 3.8) is 0 Å². The van der Waals surface area contributed by atoms with E-state index in [0.29, 0.717) is 24.7 Å². The Hall–Kier alpha value is -0.130. The van der Waals surface area contributed by atoms with Crippen LogP contribution in [0, 0.1) is 11.8 Å². The number of nitrogens with one attached hydrogen (secondary N) is 1. The van der Waals surface area contributed by atoms with E-state index >= 15 is 0 Å². The van der Waals surface area contributed by atoms with Gasteiger partial charge in [0.05, 0.1) is 11.4 Å². The van der Waals surface area contributed by atoms with Crippen LogP contribution in [0.15, 0.2) is 0 Å². The summed E-state index contributed by atoms with van der Waals surface area (Å²) in [6.07, 6.45) is 5.45. The minimum Gasteiger partial charge on any atom is -0.389 e. The Labute approximate surface area is 104 Å². The fraction of sp³-hybridized carbons (Fsp3) is 1.00. The summed E-state index contributed by atoms with van der Waals surface area (Å²) in [6.45, 7) is 2.37. The van der Waals surface area contributed by atoms with E-state index in [9.17, 15) is 13.5 Å². The van der Waals surface area contributed by atoms with Gasteiger partial charge < -0.3 is 5.11 Å². The Balaban J connectivity index is 1.80. The van der Waals surface area contributed by atoms with Crippen molar-refractivity contribution in [1.29, 1.82) is 0 Å².